The number of anilines is 1. The van der Waals surface area contributed by atoms with Crippen LogP contribution in [0.4, 0.5) is 10.5 Å². The number of hydrogen-bond donors (Lipinski definition) is 2. The minimum Gasteiger partial charge on any atom is -0.457 e. The molecule has 0 saturated carbocycles. The maximum Gasteiger partial charge on any atom is 0.319 e. The quantitative estimate of drug-likeness (QED) is 0.603. The van der Waals surface area contributed by atoms with Crippen molar-refractivity contribution in [3.63, 3.8) is 0 Å². The first kappa shape index (κ1) is 19.7. The topological polar surface area (TPSA) is 96.1 Å². The van der Waals surface area contributed by atoms with Gasteiger partial charge in [0.05, 0.1) is 11.6 Å². The summed E-state index contributed by atoms with van der Waals surface area (Å²) in [4.78, 5) is 23.6. The monoisotopic (exact) mass is 388 g/mol. The Morgan fingerprint density at radius 2 is 1.69 bits per heavy atom. The second-order valence-electron chi connectivity index (χ2n) is 6.23. The molecule has 2 aromatic carbocycles. The van der Waals surface area contributed by atoms with Gasteiger partial charge in [0.2, 0.25) is 5.56 Å². The van der Waals surface area contributed by atoms with Gasteiger partial charge in [0.25, 0.3) is 0 Å². The fourth-order valence-corrected chi connectivity index (χ4v) is 2.61. The molecule has 7 nitrogen and oxygen atoms in total. The van der Waals surface area contributed by atoms with Crippen LogP contribution in [0.15, 0.2) is 77.7 Å². The van der Waals surface area contributed by atoms with Crippen LogP contribution in [0.5, 0.6) is 11.5 Å². The molecule has 2 amide bonds. The first-order chi connectivity index (χ1) is 14.1. The predicted octanol–water partition coefficient (Wildman–Crippen LogP) is 3.72. The number of nitrogens with one attached hydrogen (secondary N) is 2. The lowest BCUT2D eigenvalue weighted by atomic mass is 10.2. The number of urea groups is 1. The molecule has 0 bridgehead atoms. The van der Waals surface area contributed by atoms with E-state index in [9.17, 15) is 9.59 Å². The van der Waals surface area contributed by atoms with Crippen molar-refractivity contribution in [3.8, 4) is 17.6 Å². The first-order valence-electron chi connectivity index (χ1n) is 9.12. The van der Waals surface area contributed by atoms with Crippen LogP contribution < -0.4 is 20.9 Å². The molecule has 1 aromatic heterocycles. The summed E-state index contributed by atoms with van der Waals surface area (Å²) in [5.74, 6) is 1.24. The third-order valence-electron chi connectivity index (χ3n) is 4.09. The van der Waals surface area contributed by atoms with E-state index in [2.05, 4.69) is 16.7 Å². The van der Waals surface area contributed by atoms with Gasteiger partial charge in [0, 0.05) is 31.0 Å². The molecule has 0 saturated heterocycles. The molecule has 0 aliphatic carbocycles. The van der Waals surface area contributed by atoms with E-state index >= 15 is 0 Å². The van der Waals surface area contributed by atoms with E-state index < -0.39 is 0 Å². The molecule has 3 aromatic rings. The summed E-state index contributed by atoms with van der Waals surface area (Å²) in [5.41, 5.74) is 1.15. The number of amides is 2. The summed E-state index contributed by atoms with van der Waals surface area (Å²) >= 11 is 0. The predicted molar refractivity (Wildman–Crippen MR) is 110 cm³/mol. The van der Waals surface area contributed by atoms with Gasteiger partial charge in [-0.25, -0.2) is 4.79 Å². The molecule has 0 aliphatic heterocycles. The molecule has 2 N–H and O–H groups in total. The van der Waals surface area contributed by atoms with Gasteiger partial charge in [-0.2, -0.15) is 5.26 Å². The van der Waals surface area contributed by atoms with Crippen molar-refractivity contribution in [1.29, 1.82) is 5.26 Å². The molecule has 7 heteroatoms. The number of pyridine rings is 1. The van der Waals surface area contributed by atoms with Crippen molar-refractivity contribution in [2.45, 2.75) is 13.0 Å². The normalized spacial score (nSPS) is 10.0. The minimum atomic E-state index is -0.314. The number of carbonyl (C=O) groups is 1. The largest absolute Gasteiger partial charge is 0.457 e. The second-order valence-corrected chi connectivity index (χ2v) is 6.23. The van der Waals surface area contributed by atoms with Crippen molar-refractivity contribution < 1.29 is 9.53 Å². The minimum absolute atomic E-state index is 0.0553. The third kappa shape index (κ3) is 5.97. The Balaban J connectivity index is 1.42. The van der Waals surface area contributed by atoms with E-state index in [1.165, 1.54) is 6.07 Å². The summed E-state index contributed by atoms with van der Waals surface area (Å²) in [7, 11) is 0. The SMILES string of the molecule is N#Cc1ccc(Oc2ccc(NC(=O)NCCCn3ccccc3=O)cc2)cc1. The van der Waals surface area contributed by atoms with Crippen LogP contribution >= 0.6 is 0 Å². The lowest BCUT2D eigenvalue weighted by Crippen LogP contribution is -2.30. The first-order valence-corrected chi connectivity index (χ1v) is 9.12. The van der Waals surface area contributed by atoms with Gasteiger partial charge in [0.1, 0.15) is 11.5 Å². The molecular weight excluding hydrogens is 368 g/mol. The Kier molecular flexibility index (Phi) is 6.63. The van der Waals surface area contributed by atoms with Crippen LogP contribution in [0, 0.1) is 11.3 Å². The highest BCUT2D eigenvalue weighted by Crippen LogP contribution is 2.23. The highest BCUT2D eigenvalue weighted by molar-refractivity contribution is 5.89. The van der Waals surface area contributed by atoms with Gasteiger partial charge < -0.3 is 19.9 Å². The van der Waals surface area contributed by atoms with Crippen molar-refractivity contribution in [3.05, 3.63) is 88.8 Å². The Labute approximate surface area is 168 Å². The van der Waals surface area contributed by atoms with Crippen LogP contribution in [0.2, 0.25) is 0 Å². The lowest BCUT2D eigenvalue weighted by Gasteiger charge is -2.10. The summed E-state index contributed by atoms with van der Waals surface area (Å²) < 4.78 is 7.31. The summed E-state index contributed by atoms with van der Waals surface area (Å²) in [5, 5.41) is 14.3. The number of aryl methyl sites for hydroxylation is 1. The van der Waals surface area contributed by atoms with Crippen LogP contribution in [-0.4, -0.2) is 17.1 Å². The van der Waals surface area contributed by atoms with Crippen LogP contribution in [0.25, 0.3) is 0 Å². The molecular formula is C22H20N4O3. The van der Waals surface area contributed by atoms with Crippen LogP contribution in [0.3, 0.4) is 0 Å². The van der Waals surface area contributed by atoms with Crippen molar-refractivity contribution >= 4 is 11.7 Å². The van der Waals surface area contributed by atoms with Gasteiger partial charge in [-0.15, -0.1) is 0 Å². The fourth-order valence-electron chi connectivity index (χ4n) is 2.61. The van der Waals surface area contributed by atoms with Crippen molar-refractivity contribution in [2.24, 2.45) is 0 Å². The number of nitriles is 1. The Morgan fingerprint density at radius 1 is 1.00 bits per heavy atom. The number of rotatable bonds is 7. The summed E-state index contributed by atoms with van der Waals surface area (Å²) in [6.45, 7) is 0.994. The molecule has 29 heavy (non-hydrogen) atoms. The molecule has 0 fully saturated rings. The number of benzene rings is 2. The van der Waals surface area contributed by atoms with Gasteiger partial charge in [-0.05, 0) is 61.0 Å². The van der Waals surface area contributed by atoms with E-state index in [0.29, 0.717) is 42.3 Å². The Bertz CT molecular complexity index is 1050. The molecule has 0 aliphatic rings. The van der Waals surface area contributed by atoms with Crippen LogP contribution in [-0.2, 0) is 6.54 Å². The average Bonchev–Trinajstić information content (AvgIpc) is 2.74. The number of aromatic nitrogens is 1. The molecule has 0 atom stereocenters. The third-order valence-corrected chi connectivity index (χ3v) is 4.09. The van der Waals surface area contributed by atoms with Gasteiger partial charge >= 0.3 is 6.03 Å². The van der Waals surface area contributed by atoms with Gasteiger partial charge in [-0.1, -0.05) is 6.07 Å². The Morgan fingerprint density at radius 3 is 2.34 bits per heavy atom. The maximum atomic E-state index is 12.0. The van der Waals surface area contributed by atoms with Crippen molar-refractivity contribution in [2.75, 3.05) is 11.9 Å². The number of ether oxygens (including phenoxy) is 1. The van der Waals surface area contributed by atoms with E-state index in [1.807, 2.05) is 0 Å². The molecule has 0 radical (unpaired) electrons. The number of nitrogens with zero attached hydrogens (tertiary/aromatic N) is 2. The van der Waals surface area contributed by atoms with Crippen molar-refractivity contribution in [1.82, 2.24) is 9.88 Å². The van der Waals surface area contributed by atoms with E-state index in [4.69, 9.17) is 10.00 Å². The average molecular weight is 388 g/mol. The standard InChI is InChI=1S/C22H20N4O3/c23-16-17-5-9-19(10-6-17)29-20-11-7-18(8-12-20)25-22(28)24-13-3-15-26-14-2-1-4-21(26)27/h1-2,4-12,14H,3,13,15H2,(H2,24,25,28). The molecule has 3 rings (SSSR count). The molecule has 0 unspecified atom stereocenters. The van der Waals surface area contributed by atoms with Gasteiger partial charge in [0.15, 0.2) is 0 Å². The zero-order valence-corrected chi connectivity index (χ0v) is 15.7. The van der Waals surface area contributed by atoms with E-state index in [-0.39, 0.29) is 11.6 Å². The Hall–Kier alpha value is -4.05. The molecule has 146 valence electrons. The lowest BCUT2D eigenvalue weighted by molar-refractivity contribution is 0.252. The molecule has 1 heterocycles. The van der Waals surface area contributed by atoms with E-state index in [0.717, 1.165) is 0 Å². The van der Waals surface area contributed by atoms with Crippen LogP contribution in [0.1, 0.15) is 12.0 Å². The highest BCUT2D eigenvalue weighted by atomic mass is 16.5. The highest BCUT2D eigenvalue weighted by Gasteiger charge is 2.03. The van der Waals surface area contributed by atoms with Gasteiger partial charge in [-0.3, -0.25) is 4.79 Å². The summed E-state index contributed by atoms with van der Waals surface area (Å²) in [6, 6.07) is 20.5. The number of hydrogen-bond acceptors (Lipinski definition) is 4. The van der Waals surface area contributed by atoms with E-state index in [1.54, 1.807) is 71.4 Å². The molecule has 0 spiro atoms. The number of carbonyl (C=O) groups excluding carboxylic acids is 1. The zero-order valence-electron chi connectivity index (χ0n) is 15.7. The fraction of sp³-hybridized carbons (Fsp3) is 0.136. The summed E-state index contributed by atoms with van der Waals surface area (Å²) in [6.07, 6.45) is 2.37. The maximum absolute atomic E-state index is 12.0. The zero-order chi connectivity index (χ0) is 20.5. The second kappa shape index (κ2) is 9.76. The smallest absolute Gasteiger partial charge is 0.319 e.